The van der Waals surface area contributed by atoms with Crippen LogP contribution in [0.15, 0.2) is 36.5 Å². The highest BCUT2D eigenvalue weighted by molar-refractivity contribution is 5.78. The van der Waals surface area contributed by atoms with E-state index in [2.05, 4.69) is 38.7 Å². The van der Waals surface area contributed by atoms with Crippen molar-refractivity contribution in [3.05, 3.63) is 53.2 Å². The molecule has 0 saturated heterocycles. The first-order chi connectivity index (χ1) is 9.41. The lowest BCUT2D eigenvalue weighted by molar-refractivity contribution is 0.112. The van der Waals surface area contributed by atoms with Crippen LogP contribution in [0.1, 0.15) is 42.3 Å². The molecule has 1 heterocycles. The minimum absolute atomic E-state index is 0.0442. The van der Waals surface area contributed by atoms with Gasteiger partial charge in [0.25, 0.3) is 0 Å². The van der Waals surface area contributed by atoms with Crippen LogP contribution in [0.25, 0.3) is 0 Å². The van der Waals surface area contributed by atoms with E-state index in [1.807, 2.05) is 12.1 Å². The molecule has 20 heavy (non-hydrogen) atoms. The Morgan fingerprint density at radius 3 is 2.60 bits per heavy atom. The van der Waals surface area contributed by atoms with Gasteiger partial charge < -0.3 is 4.74 Å². The fourth-order valence-electron chi connectivity index (χ4n) is 2.00. The molecule has 2 aromatic rings. The zero-order chi connectivity index (χ0) is 14.8. The van der Waals surface area contributed by atoms with Crippen LogP contribution in [-0.2, 0) is 5.41 Å². The first kappa shape index (κ1) is 14.3. The van der Waals surface area contributed by atoms with Crippen molar-refractivity contribution in [2.45, 2.75) is 33.1 Å². The minimum Gasteiger partial charge on any atom is -0.438 e. The van der Waals surface area contributed by atoms with Crippen LogP contribution in [-0.4, -0.2) is 11.3 Å². The number of aldehydes is 1. The van der Waals surface area contributed by atoms with Crippen LogP contribution in [0.3, 0.4) is 0 Å². The zero-order valence-electron chi connectivity index (χ0n) is 12.3. The van der Waals surface area contributed by atoms with Crippen molar-refractivity contribution in [3.8, 4) is 11.6 Å². The fourth-order valence-corrected chi connectivity index (χ4v) is 2.00. The first-order valence-corrected chi connectivity index (χ1v) is 6.61. The molecule has 3 nitrogen and oxygen atoms in total. The molecule has 0 unspecified atom stereocenters. The van der Waals surface area contributed by atoms with E-state index in [0.717, 1.165) is 17.6 Å². The number of ether oxygens (including phenoxy) is 1. The van der Waals surface area contributed by atoms with Crippen LogP contribution in [0.5, 0.6) is 11.6 Å². The summed E-state index contributed by atoms with van der Waals surface area (Å²) in [7, 11) is 0. The van der Waals surface area contributed by atoms with Gasteiger partial charge in [0.05, 0.1) is 5.56 Å². The second-order valence-corrected chi connectivity index (χ2v) is 5.87. The van der Waals surface area contributed by atoms with Gasteiger partial charge in [0, 0.05) is 11.8 Å². The van der Waals surface area contributed by atoms with Gasteiger partial charge in [0.1, 0.15) is 5.75 Å². The minimum atomic E-state index is -0.0442. The number of hydrogen-bond acceptors (Lipinski definition) is 3. The molecule has 0 aliphatic heterocycles. The van der Waals surface area contributed by atoms with Crippen molar-refractivity contribution >= 4 is 6.29 Å². The molecule has 2 rings (SSSR count). The van der Waals surface area contributed by atoms with E-state index in [-0.39, 0.29) is 5.41 Å². The molecule has 0 saturated carbocycles. The number of pyridine rings is 1. The number of hydrogen-bond donors (Lipinski definition) is 0. The Bertz CT molecular complexity index is 627. The average Bonchev–Trinajstić information content (AvgIpc) is 2.40. The Labute approximate surface area is 119 Å². The summed E-state index contributed by atoms with van der Waals surface area (Å²) in [4.78, 5) is 15.2. The predicted octanol–water partition coefficient (Wildman–Crippen LogP) is 4.29. The second-order valence-electron chi connectivity index (χ2n) is 5.87. The molecule has 0 atom stereocenters. The van der Waals surface area contributed by atoms with E-state index >= 15 is 0 Å². The van der Waals surface area contributed by atoms with Gasteiger partial charge in [0.2, 0.25) is 5.88 Å². The topological polar surface area (TPSA) is 39.2 Å². The lowest BCUT2D eigenvalue weighted by atomic mass is 9.85. The SMILES string of the molecule is Cc1ccc(Oc2ncccc2C=O)c(C(C)(C)C)c1. The van der Waals surface area contributed by atoms with Crippen molar-refractivity contribution in [2.24, 2.45) is 0 Å². The molecule has 0 radical (unpaired) electrons. The molecule has 0 fully saturated rings. The molecule has 104 valence electrons. The normalized spacial score (nSPS) is 11.2. The monoisotopic (exact) mass is 269 g/mol. The van der Waals surface area contributed by atoms with Gasteiger partial charge in [-0.1, -0.05) is 38.5 Å². The van der Waals surface area contributed by atoms with E-state index in [1.165, 1.54) is 5.56 Å². The van der Waals surface area contributed by atoms with Gasteiger partial charge in [-0.3, -0.25) is 4.79 Å². The number of nitrogens with zero attached hydrogens (tertiary/aromatic N) is 1. The van der Waals surface area contributed by atoms with Gasteiger partial charge in [-0.25, -0.2) is 4.98 Å². The molecule has 0 aliphatic rings. The number of carbonyl (C=O) groups is 1. The maximum absolute atomic E-state index is 11.0. The van der Waals surface area contributed by atoms with E-state index in [4.69, 9.17) is 4.74 Å². The third kappa shape index (κ3) is 3.05. The lowest BCUT2D eigenvalue weighted by Gasteiger charge is -2.23. The third-order valence-electron chi connectivity index (χ3n) is 3.08. The molecule has 3 heteroatoms. The van der Waals surface area contributed by atoms with Crippen LogP contribution >= 0.6 is 0 Å². The number of carbonyl (C=O) groups excluding carboxylic acids is 1. The Balaban J connectivity index is 2.46. The summed E-state index contributed by atoms with van der Waals surface area (Å²) in [6.07, 6.45) is 2.38. The molecular weight excluding hydrogens is 250 g/mol. The molecule has 0 N–H and O–H groups in total. The van der Waals surface area contributed by atoms with Crippen molar-refractivity contribution < 1.29 is 9.53 Å². The highest BCUT2D eigenvalue weighted by Gasteiger charge is 2.20. The largest absolute Gasteiger partial charge is 0.438 e. The molecule has 1 aromatic heterocycles. The summed E-state index contributed by atoms with van der Waals surface area (Å²) >= 11 is 0. The maximum atomic E-state index is 11.0. The summed E-state index contributed by atoms with van der Waals surface area (Å²) in [6, 6.07) is 9.45. The highest BCUT2D eigenvalue weighted by Crippen LogP contribution is 2.34. The predicted molar refractivity (Wildman–Crippen MR) is 79.6 cm³/mol. The summed E-state index contributed by atoms with van der Waals surface area (Å²) < 4.78 is 5.87. The van der Waals surface area contributed by atoms with E-state index in [9.17, 15) is 4.79 Å². The molecular formula is C17H19NO2. The fraction of sp³-hybridized carbons (Fsp3) is 0.294. The molecule has 0 aliphatic carbocycles. The van der Waals surface area contributed by atoms with Gasteiger partial charge in [-0.15, -0.1) is 0 Å². The standard InChI is InChI=1S/C17H19NO2/c1-12-7-8-15(14(10-12)17(2,3)4)20-16-13(11-19)6-5-9-18-16/h5-11H,1-4H3. The second kappa shape index (κ2) is 5.45. The van der Waals surface area contributed by atoms with Crippen LogP contribution in [0, 0.1) is 6.92 Å². The lowest BCUT2D eigenvalue weighted by Crippen LogP contribution is -2.13. The first-order valence-electron chi connectivity index (χ1n) is 6.61. The van der Waals surface area contributed by atoms with Gasteiger partial charge in [-0.05, 0) is 30.5 Å². The summed E-state index contributed by atoms with van der Waals surface area (Å²) in [5.41, 5.74) is 2.68. The van der Waals surface area contributed by atoms with Gasteiger partial charge in [0.15, 0.2) is 6.29 Å². The highest BCUT2D eigenvalue weighted by atomic mass is 16.5. The Morgan fingerprint density at radius 2 is 1.95 bits per heavy atom. The maximum Gasteiger partial charge on any atom is 0.229 e. The molecule has 1 aromatic carbocycles. The summed E-state index contributed by atoms with van der Waals surface area (Å²) in [6.45, 7) is 8.45. The van der Waals surface area contributed by atoms with E-state index in [0.29, 0.717) is 11.4 Å². The average molecular weight is 269 g/mol. The molecule has 0 amide bonds. The van der Waals surface area contributed by atoms with Gasteiger partial charge >= 0.3 is 0 Å². The number of benzene rings is 1. The van der Waals surface area contributed by atoms with Crippen molar-refractivity contribution in [1.29, 1.82) is 0 Å². The van der Waals surface area contributed by atoms with Crippen molar-refractivity contribution in [1.82, 2.24) is 4.98 Å². The van der Waals surface area contributed by atoms with E-state index in [1.54, 1.807) is 18.3 Å². The van der Waals surface area contributed by atoms with Crippen molar-refractivity contribution in [3.63, 3.8) is 0 Å². The number of aromatic nitrogens is 1. The zero-order valence-corrected chi connectivity index (χ0v) is 12.3. The molecule has 0 spiro atoms. The van der Waals surface area contributed by atoms with Gasteiger partial charge in [-0.2, -0.15) is 0 Å². The van der Waals surface area contributed by atoms with Crippen LogP contribution in [0.4, 0.5) is 0 Å². The summed E-state index contributed by atoms with van der Waals surface area (Å²) in [5.74, 6) is 1.08. The Morgan fingerprint density at radius 1 is 1.20 bits per heavy atom. The molecule has 0 bridgehead atoms. The number of aryl methyl sites for hydroxylation is 1. The van der Waals surface area contributed by atoms with Crippen LogP contribution in [0.2, 0.25) is 0 Å². The van der Waals surface area contributed by atoms with Crippen molar-refractivity contribution in [2.75, 3.05) is 0 Å². The smallest absolute Gasteiger partial charge is 0.229 e. The Hall–Kier alpha value is -2.16. The summed E-state index contributed by atoms with van der Waals surface area (Å²) in [5, 5.41) is 0. The third-order valence-corrected chi connectivity index (χ3v) is 3.08. The number of rotatable bonds is 3. The van der Waals surface area contributed by atoms with Crippen LogP contribution < -0.4 is 4.74 Å². The quantitative estimate of drug-likeness (QED) is 0.780. The van der Waals surface area contributed by atoms with E-state index < -0.39 is 0 Å². The Kier molecular flexibility index (Phi) is 3.89.